The van der Waals surface area contributed by atoms with E-state index in [9.17, 15) is 4.79 Å². The molecule has 0 fully saturated rings. The molecule has 0 aliphatic carbocycles. The molecule has 0 aliphatic heterocycles. The van der Waals surface area contributed by atoms with Crippen LogP contribution < -0.4 is 31.7 Å². The van der Waals surface area contributed by atoms with Gasteiger partial charge in [-0.05, 0) is 41.8 Å². The molecule has 0 saturated carbocycles. The average Bonchev–Trinajstić information content (AvgIpc) is 2.98. The van der Waals surface area contributed by atoms with Crippen LogP contribution >= 0.6 is 0 Å². The summed E-state index contributed by atoms with van der Waals surface area (Å²) in [6.07, 6.45) is 0.816. The minimum absolute atomic E-state index is 0.0628. The third-order valence-corrected chi connectivity index (χ3v) is 5.62. The van der Waals surface area contributed by atoms with Crippen LogP contribution in [-0.2, 0) is 27.2 Å². The molecule has 13 nitrogen and oxygen atoms in total. The summed E-state index contributed by atoms with van der Waals surface area (Å²) in [5.41, 5.74) is 7.99. The molecule has 3 rings (SSSR count). The summed E-state index contributed by atoms with van der Waals surface area (Å²) >= 11 is 0. The van der Waals surface area contributed by atoms with Gasteiger partial charge in [0, 0.05) is 38.5 Å². The first-order valence-electron chi connectivity index (χ1n) is 13.6. The zero-order valence-electron chi connectivity index (χ0n) is 23.4. The molecule has 1 heterocycles. The lowest BCUT2D eigenvalue weighted by Gasteiger charge is -2.12. The van der Waals surface area contributed by atoms with E-state index in [1.807, 2.05) is 48.5 Å². The first-order valence-corrected chi connectivity index (χ1v) is 13.6. The van der Waals surface area contributed by atoms with Gasteiger partial charge in [-0.3, -0.25) is 4.79 Å². The Bertz CT molecular complexity index is 1180. The lowest BCUT2D eigenvalue weighted by Crippen LogP contribution is -2.29. The van der Waals surface area contributed by atoms with Crippen LogP contribution in [0.25, 0.3) is 0 Å². The monoisotopic (exact) mass is 568 g/mol. The maximum absolute atomic E-state index is 12.3. The van der Waals surface area contributed by atoms with Gasteiger partial charge in [0.1, 0.15) is 5.75 Å². The number of amides is 1. The topological polar surface area (TPSA) is 178 Å². The SMILES string of the molecule is COc1cccc(CNc2nc(NCCCO)nc(Nc3ccc(CC(=O)NCCOCCOCCN)cc3)n2)c1. The van der Waals surface area contributed by atoms with Gasteiger partial charge in [0.15, 0.2) is 0 Å². The van der Waals surface area contributed by atoms with E-state index in [1.165, 1.54) is 0 Å². The van der Waals surface area contributed by atoms with Crippen molar-refractivity contribution in [1.29, 1.82) is 0 Å². The van der Waals surface area contributed by atoms with E-state index in [4.69, 9.17) is 25.1 Å². The van der Waals surface area contributed by atoms with E-state index < -0.39 is 0 Å². The van der Waals surface area contributed by atoms with Crippen LogP contribution in [0, 0.1) is 0 Å². The summed E-state index contributed by atoms with van der Waals surface area (Å²) in [5.74, 6) is 1.79. The maximum Gasteiger partial charge on any atom is 0.233 e. The van der Waals surface area contributed by atoms with Crippen molar-refractivity contribution in [3.8, 4) is 5.75 Å². The highest BCUT2D eigenvalue weighted by Crippen LogP contribution is 2.18. The Morgan fingerprint density at radius 3 is 2.34 bits per heavy atom. The Hall–Kier alpha value is -4.04. The van der Waals surface area contributed by atoms with Gasteiger partial charge in [-0.25, -0.2) is 0 Å². The van der Waals surface area contributed by atoms with Crippen LogP contribution in [0.5, 0.6) is 5.75 Å². The molecule has 0 aliphatic rings. The van der Waals surface area contributed by atoms with Crippen molar-refractivity contribution in [3.63, 3.8) is 0 Å². The fourth-order valence-corrected chi connectivity index (χ4v) is 3.58. The standard InChI is InChI=1S/C28H40N8O5/c1-39-24-5-2-4-22(18-24)20-32-27-34-26(31-11-3-13-37)35-28(36-27)33-23-8-6-21(7-9-23)19-25(38)30-12-15-41-17-16-40-14-10-29/h2,4-9,18,37H,3,10-17,19-20,29H2,1H3,(H,30,38)(H3,31,32,33,34,35,36). The minimum Gasteiger partial charge on any atom is -0.497 e. The predicted molar refractivity (Wildman–Crippen MR) is 157 cm³/mol. The molecule has 2 aromatic carbocycles. The summed E-state index contributed by atoms with van der Waals surface area (Å²) in [5, 5.41) is 21.5. The fraction of sp³-hybridized carbons (Fsp3) is 0.429. The van der Waals surface area contributed by atoms with Crippen molar-refractivity contribution >= 4 is 29.4 Å². The number of nitrogens with one attached hydrogen (secondary N) is 4. The quantitative estimate of drug-likeness (QED) is 0.109. The summed E-state index contributed by atoms with van der Waals surface area (Å²) in [6.45, 7) is 3.86. The smallest absolute Gasteiger partial charge is 0.233 e. The van der Waals surface area contributed by atoms with Crippen LogP contribution in [0.4, 0.5) is 23.5 Å². The molecule has 1 amide bonds. The van der Waals surface area contributed by atoms with Crippen LogP contribution in [0.3, 0.4) is 0 Å². The molecule has 0 atom stereocenters. The molecule has 0 unspecified atom stereocenters. The van der Waals surface area contributed by atoms with Crippen molar-refractivity contribution in [1.82, 2.24) is 20.3 Å². The van der Waals surface area contributed by atoms with E-state index >= 15 is 0 Å². The number of benzene rings is 2. The second-order valence-electron chi connectivity index (χ2n) is 8.88. The molecule has 41 heavy (non-hydrogen) atoms. The molecular weight excluding hydrogens is 528 g/mol. The lowest BCUT2D eigenvalue weighted by atomic mass is 10.1. The average molecular weight is 569 g/mol. The number of carbonyl (C=O) groups excluding carboxylic acids is 1. The first kappa shape index (κ1) is 31.5. The van der Waals surface area contributed by atoms with E-state index in [2.05, 4.69) is 36.2 Å². The lowest BCUT2D eigenvalue weighted by molar-refractivity contribution is -0.120. The fourth-order valence-electron chi connectivity index (χ4n) is 3.58. The molecule has 7 N–H and O–H groups in total. The Kier molecular flexibility index (Phi) is 14.1. The number of hydrogen-bond donors (Lipinski definition) is 6. The largest absolute Gasteiger partial charge is 0.497 e. The van der Waals surface area contributed by atoms with Gasteiger partial charge in [0.2, 0.25) is 23.8 Å². The highest BCUT2D eigenvalue weighted by molar-refractivity contribution is 5.78. The molecule has 0 spiro atoms. The van der Waals surface area contributed by atoms with Crippen molar-refractivity contribution in [2.45, 2.75) is 19.4 Å². The van der Waals surface area contributed by atoms with E-state index in [-0.39, 0.29) is 18.9 Å². The number of rotatable bonds is 20. The number of ether oxygens (including phenoxy) is 3. The normalized spacial score (nSPS) is 10.7. The number of nitrogens with two attached hydrogens (primary N) is 1. The second-order valence-corrected chi connectivity index (χ2v) is 8.88. The zero-order chi connectivity index (χ0) is 29.1. The Balaban J connectivity index is 1.53. The van der Waals surface area contributed by atoms with Crippen LogP contribution in [-0.4, -0.2) is 85.7 Å². The first-order chi connectivity index (χ1) is 20.1. The van der Waals surface area contributed by atoms with Crippen LogP contribution in [0.2, 0.25) is 0 Å². The highest BCUT2D eigenvalue weighted by Gasteiger charge is 2.09. The highest BCUT2D eigenvalue weighted by atomic mass is 16.5. The van der Waals surface area contributed by atoms with Crippen molar-refractivity contribution in [2.24, 2.45) is 5.73 Å². The van der Waals surface area contributed by atoms with Gasteiger partial charge in [-0.2, -0.15) is 15.0 Å². The number of aliphatic hydroxyl groups is 1. The number of anilines is 4. The van der Waals surface area contributed by atoms with Gasteiger partial charge in [0.05, 0.1) is 40.0 Å². The minimum atomic E-state index is -0.0866. The van der Waals surface area contributed by atoms with E-state index in [0.717, 1.165) is 22.6 Å². The zero-order valence-corrected chi connectivity index (χ0v) is 23.4. The van der Waals surface area contributed by atoms with Gasteiger partial charge in [-0.15, -0.1) is 0 Å². The third kappa shape index (κ3) is 12.3. The van der Waals surface area contributed by atoms with Gasteiger partial charge < -0.3 is 46.3 Å². The number of aromatic nitrogens is 3. The predicted octanol–water partition coefficient (Wildman–Crippen LogP) is 1.68. The van der Waals surface area contributed by atoms with Gasteiger partial charge in [0.25, 0.3) is 0 Å². The molecule has 0 bridgehead atoms. The Morgan fingerprint density at radius 1 is 0.878 bits per heavy atom. The molecule has 222 valence electrons. The summed E-state index contributed by atoms with van der Waals surface area (Å²) in [6, 6.07) is 15.2. The second kappa shape index (κ2) is 18.3. The van der Waals surface area contributed by atoms with Crippen LogP contribution in [0.1, 0.15) is 17.5 Å². The molecule has 0 saturated heterocycles. The van der Waals surface area contributed by atoms with E-state index in [0.29, 0.717) is 76.9 Å². The molecule has 0 radical (unpaired) electrons. The molecular formula is C28H40N8O5. The van der Waals surface area contributed by atoms with Crippen molar-refractivity contribution in [3.05, 3.63) is 59.7 Å². The number of hydrogen-bond acceptors (Lipinski definition) is 12. The third-order valence-electron chi connectivity index (χ3n) is 5.62. The number of methoxy groups -OCH3 is 1. The molecule has 13 heteroatoms. The van der Waals surface area contributed by atoms with Crippen molar-refractivity contribution in [2.75, 3.05) is 75.7 Å². The Morgan fingerprint density at radius 2 is 1.61 bits per heavy atom. The summed E-state index contributed by atoms with van der Waals surface area (Å²) in [4.78, 5) is 25.7. The van der Waals surface area contributed by atoms with Gasteiger partial charge in [-0.1, -0.05) is 24.3 Å². The van der Waals surface area contributed by atoms with Gasteiger partial charge >= 0.3 is 0 Å². The Labute approximate surface area is 240 Å². The summed E-state index contributed by atoms with van der Waals surface area (Å²) in [7, 11) is 1.63. The number of nitrogens with zero attached hydrogens (tertiary/aromatic N) is 3. The van der Waals surface area contributed by atoms with Crippen LogP contribution in [0.15, 0.2) is 48.5 Å². The molecule has 3 aromatic rings. The summed E-state index contributed by atoms with van der Waals surface area (Å²) < 4.78 is 15.9. The van der Waals surface area contributed by atoms with E-state index in [1.54, 1.807) is 7.11 Å². The number of carbonyl (C=O) groups is 1. The molecule has 1 aromatic heterocycles. The van der Waals surface area contributed by atoms with Crippen molar-refractivity contribution < 1.29 is 24.1 Å². The maximum atomic E-state index is 12.3. The number of aliphatic hydroxyl groups excluding tert-OH is 1.